The fourth-order valence-corrected chi connectivity index (χ4v) is 3.28. The van der Waals surface area contributed by atoms with Gasteiger partial charge in [-0.15, -0.1) is 0 Å². The SMILES string of the molecule is O[C@@H]1[C@@H](OCc2ccccc2)OC[C@H]2CC(c3ccccc3)=NO[C@H]21. The lowest BCUT2D eigenvalue weighted by Crippen LogP contribution is -2.53. The van der Waals surface area contributed by atoms with Gasteiger partial charge in [0.1, 0.15) is 6.10 Å². The van der Waals surface area contributed by atoms with Crippen LogP contribution in [0.5, 0.6) is 0 Å². The van der Waals surface area contributed by atoms with E-state index in [0.717, 1.165) is 23.3 Å². The molecule has 2 aromatic carbocycles. The molecule has 0 aliphatic carbocycles. The van der Waals surface area contributed by atoms with Crippen molar-refractivity contribution in [1.82, 2.24) is 0 Å². The average molecular weight is 339 g/mol. The summed E-state index contributed by atoms with van der Waals surface area (Å²) in [6.07, 6.45) is -1.24. The fraction of sp³-hybridized carbons (Fsp3) is 0.350. The normalized spacial score (nSPS) is 28.6. The van der Waals surface area contributed by atoms with Gasteiger partial charge in [0.15, 0.2) is 12.4 Å². The smallest absolute Gasteiger partial charge is 0.187 e. The van der Waals surface area contributed by atoms with E-state index in [-0.39, 0.29) is 5.92 Å². The quantitative estimate of drug-likeness (QED) is 0.930. The van der Waals surface area contributed by atoms with Gasteiger partial charge in [-0.3, -0.25) is 0 Å². The van der Waals surface area contributed by atoms with Crippen LogP contribution in [-0.4, -0.2) is 35.9 Å². The molecule has 5 heteroatoms. The van der Waals surface area contributed by atoms with Gasteiger partial charge in [-0.25, -0.2) is 0 Å². The van der Waals surface area contributed by atoms with Gasteiger partial charge in [-0.2, -0.15) is 0 Å². The third-order valence-electron chi connectivity index (χ3n) is 4.66. The van der Waals surface area contributed by atoms with Crippen molar-refractivity contribution in [1.29, 1.82) is 0 Å². The molecule has 1 fully saturated rings. The first-order chi connectivity index (χ1) is 12.3. The van der Waals surface area contributed by atoms with Gasteiger partial charge in [0.2, 0.25) is 0 Å². The number of ether oxygens (including phenoxy) is 2. The Bertz CT molecular complexity index is 719. The van der Waals surface area contributed by atoms with E-state index in [1.165, 1.54) is 0 Å². The first-order valence-electron chi connectivity index (χ1n) is 8.54. The van der Waals surface area contributed by atoms with Crippen LogP contribution >= 0.6 is 0 Å². The number of hydrogen-bond acceptors (Lipinski definition) is 5. The molecule has 25 heavy (non-hydrogen) atoms. The minimum atomic E-state index is -0.858. The summed E-state index contributed by atoms with van der Waals surface area (Å²) in [5, 5.41) is 14.8. The molecule has 0 unspecified atom stereocenters. The van der Waals surface area contributed by atoms with Crippen molar-refractivity contribution in [2.24, 2.45) is 11.1 Å². The molecule has 0 amide bonds. The largest absolute Gasteiger partial charge is 0.389 e. The zero-order valence-electron chi connectivity index (χ0n) is 13.8. The molecular weight excluding hydrogens is 318 g/mol. The lowest BCUT2D eigenvalue weighted by atomic mass is 9.88. The number of benzene rings is 2. The molecule has 0 saturated carbocycles. The van der Waals surface area contributed by atoms with Crippen molar-refractivity contribution in [2.45, 2.75) is 31.5 Å². The molecule has 1 saturated heterocycles. The van der Waals surface area contributed by atoms with Gasteiger partial charge < -0.3 is 19.4 Å². The molecule has 2 aromatic rings. The highest BCUT2D eigenvalue weighted by Crippen LogP contribution is 2.31. The number of fused-ring (bicyclic) bond motifs is 1. The number of aliphatic hydroxyl groups excluding tert-OH is 1. The Kier molecular flexibility index (Phi) is 4.78. The second-order valence-corrected chi connectivity index (χ2v) is 6.43. The number of oxime groups is 1. The van der Waals surface area contributed by atoms with E-state index < -0.39 is 18.5 Å². The third kappa shape index (κ3) is 3.58. The summed E-state index contributed by atoms with van der Waals surface area (Å²) in [7, 11) is 0. The van der Waals surface area contributed by atoms with Gasteiger partial charge in [-0.05, 0) is 11.1 Å². The summed E-state index contributed by atoms with van der Waals surface area (Å²) in [5.74, 6) is 0.0688. The Balaban J connectivity index is 1.40. The highest BCUT2D eigenvalue weighted by molar-refractivity contribution is 6.00. The molecule has 2 aliphatic heterocycles. The highest BCUT2D eigenvalue weighted by Gasteiger charge is 2.44. The molecule has 0 bridgehead atoms. The minimum absolute atomic E-state index is 0.0688. The molecule has 0 spiro atoms. The summed E-state index contributed by atoms with van der Waals surface area (Å²) in [5.41, 5.74) is 2.97. The van der Waals surface area contributed by atoms with Crippen LogP contribution in [0.3, 0.4) is 0 Å². The van der Waals surface area contributed by atoms with Crippen LogP contribution in [0.15, 0.2) is 65.8 Å². The summed E-state index contributed by atoms with van der Waals surface area (Å²) in [6, 6.07) is 19.8. The molecule has 0 radical (unpaired) electrons. The Morgan fingerprint density at radius 3 is 2.52 bits per heavy atom. The molecule has 2 aliphatic rings. The van der Waals surface area contributed by atoms with Crippen LogP contribution in [0.1, 0.15) is 17.5 Å². The Morgan fingerprint density at radius 1 is 1.04 bits per heavy atom. The first-order valence-corrected chi connectivity index (χ1v) is 8.54. The van der Waals surface area contributed by atoms with Gasteiger partial charge >= 0.3 is 0 Å². The molecule has 5 nitrogen and oxygen atoms in total. The lowest BCUT2D eigenvalue weighted by molar-refractivity contribution is -0.273. The second-order valence-electron chi connectivity index (χ2n) is 6.43. The van der Waals surface area contributed by atoms with Gasteiger partial charge in [0.25, 0.3) is 0 Å². The highest BCUT2D eigenvalue weighted by atomic mass is 16.7. The summed E-state index contributed by atoms with van der Waals surface area (Å²) >= 11 is 0. The molecule has 4 atom stereocenters. The predicted molar refractivity (Wildman–Crippen MR) is 92.9 cm³/mol. The van der Waals surface area contributed by atoms with Crippen molar-refractivity contribution in [3.8, 4) is 0 Å². The molecule has 4 rings (SSSR count). The second kappa shape index (κ2) is 7.35. The minimum Gasteiger partial charge on any atom is -0.389 e. The van der Waals surface area contributed by atoms with Crippen molar-refractivity contribution < 1.29 is 19.4 Å². The molecule has 2 heterocycles. The summed E-state index contributed by atoms with van der Waals surface area (Å²) in [6.45, 7) is 0.867. The van der Waals surface area contributed by atoms with E-state index >= 15 is 0 Å². The predicted octanol–water partition coefficient (Wildman–Crippen LogP) is 2.73. The Morgan fingerprint density at radius 2 is 1.76 bits per heavy atom. The van der Waals surface area contributed by atoms with Crippen LogP contribution in [0.25, 0.3) is 0 Å². The van der Waals surface area contributed by atoms with Gasteiger partial charge in [-0.1, -0.05) is 65.8 Å². The molecular formula is C20H21NO4. The van der Waals surface area contributed by atoms with Crippen LogP contribution in [0.2, 0.25) is 0 Å². The van der Waals surface area contributed by atoms with E-state index in [9.17, 15) is 5.11 Å². The Labute approximate surface area is 146 Å². The summed E-state index contributed by atoms with van der Waals surface area (Å²) < 4.78 is 11.5. The van der Waals surface area contributed by atoms with Crippen LogP contribution in [0, 0.1) is 5.92 Å². The van der Waals surface area contributed by atoms with Crippen LogP contribution < -0.4 is 0 Å². The van der Waals surface area contributed by atoms with E-state index in [1.807, 2.05) is 60.7 Å². The van der Waals surface area contributed by atoms with Gasteiger partial charge in [0.05, 0.1) is 18.9 Å². The zero-order valence-corrected chi connectivity index (χ0v) is 13.8. The average Bonchev–Trinajstić information content (AvgIpc) is 2.69. The number of nitrogens with zero attached hydrogens (tertiary/aromatic N) is 1. The molecule has 1 N–H and O–H groups in total. The van der Waals surface area contributed by atoms with Crippen molar-refractivity contribution in [3.05, 3.63) is 71.8 Å². The first kappa shape index (κ1) is 16.3. The van der Waals surface area contributed by atoms with E-state index in [2.05, 4.69) is 5.16 Å². The maximum atomic E-state index is 10.6. The van der Waals surface area contributed by atoms with Crippen molar-refractivity contribution in [3.63, 3.8) is 0 Å². The standard InChI is InChI=1S/C20H21NO4/c22-18-19-16(11-17(21-25-19)15-9-5-2-6-10-15)13-24-20(18)23-12-14-7-3-1-4-8-14/h1-10,16,18-20,22H,11-13H2/t16-,18+,19-,20+/m1/s1. The van der Waals surface area contributed by atoms with Crippen LogP contribution in [-0.2, 0) is 20.9 Å². The molecule has 0 aromatic heterocycles. The van der Waals surface area contributed by atoms with Crippen molar-refractivity contribution in [2.75, 3.05) is 6.61 Å². The maximum Gasteiger partial charge on any atom is 0.187 e. The molecule has 130 valence electrons. The van der Waals surface area contributed by atoms with Crippen LogP contribution in [0.4, 0.5) is 0 Å². The van der Waals surface area contributed by atoms with E-state index in [4.69, 9.17) is 14.3 Å². The Hall–Kier alpha value is -2.21. The zero-order chi connectivity index (χ0) is 17.1. The van der Waals surface area contributed by atoms with Crippen molar-refractivity contribution >= 4 is 5.71 Å². The van der Waals surface area contributed by atoms with E-state index in [1.54, 1.807) is 0 Å². The summed E-state index contributed by atoms with van der Waals surface area (Å²) in [4.78, 5) is 5.62. The third-order valence-corrected chi connectivity index (χ3v) is 4.66. The number of aliphatic hydroxyl groups is 1. The topological polar surface area (TPSA) is 60.3 Å². The fourth-order valence-electron chi connectivity index (χ4n) is 3.28. The number of rotatable bonds is 4. The monoisotopic (exact) mass is 339 g/mol. The lowest BCUT2D eigenvalue weighted by Gasteiger charge is -2.40. The van der Waals surface area contributed by atoms with Gasteiger partial charge in [0, 0.05) is 12.3 Å². The maximum absolute atomic E-state index is 10.6. The van der Waals surface area contributed by atoms with E-state index in [0.29, 0.717) is 13.2 Å². The number of hydrogen-bond donors (Lipinski definition) is 1.